The van der Waals surface area contributed by atoms with E-state index in [2.05, 4.69) is 9.97 Å². The van der Waals surface area contributed by atoms with Gasteiger partial charge in [-0.15, -0.1) is 5.06 Å². The monoisotopic (exact) mass is 361 g/mol. The van der Waals surface area contributed by atoms with Crippen LogP contribution in [-0.4, -0.2) is 34.3 Å². The first-order valence-corrected chi connectivity index (χ1v) is 8.08. The van der Waals surface area contributed by atoms with Gasteiger partial charge in [0.1, 0.15) is 10.3 Å². The summed E-state index contributed by atoms with van der Waals surface area (Å²) in [4.78, 5) is 25.3. The van der Waals surface area contributed by atoms with E-state index in [-0.39, 0.29) is 16.9 Å². The number of amides is 1. The van der Waals surface area contributed by atoms with Crippen LogP contribution in [0.4, 0.5) is 4.79 Å². The summed E-state index contributed by atoms with van der Waals surface area (Å²) < 4.78 is 4.89. The summed E-state index contributed by atoms with van der Waals surface area (Å²) in [5, 5.41) is 3.74. The fraction of sp³-hybridized carbons (Fsp3) is 0.308. The van der Waals surface area contributed by atoms with Crippen LogP contribution in [0.2, 0.25) is 10.3 Å². The molecule has 0 saturated carbocycles. The molecule has 2 aromatic rings. The van der Waals surface area contributed by atoms with Crippen LogP contribution in [0.1, 0.15) is 13.8 Å². The zero-order valence-electron chi connectivity index (χ0n) is 11.9. The second-order valence-electron chi connectivity index (χ2n) is 3.98. The van der Waals surface area contributed by atoms with Gasteiger partial charge in [-0.3, -0.25) is 0 Å². The molecule has 0 aliphatic rings. The maximum Gasteiger partial charge on any atom is 0.443 e. The normalized spacial score (nSPS) is 10.4. The first-order valence-electron chi connectivity index (χ1n) is 6.44. The van der Waals surface area contributed by atoms with Crippen molar-refractivity contribution in [1.29, 1.82) is 0 Å². The quantitative estimate of drug-likeness (QED) is 0.587. The van der Waals surface area contributed by atoms with Crippen LogP contribution in [0.5, 0.6) is 5.19 Å². The number of pyridine rings is 1. The standard InChI is InChI=1S/C13H13Cl2N3O3S/c1-3-18(13(19)20-4-2)21-12-16-9(7-22-12)8-5-10(14)17-11(15)6-8/h5-7H,3-4H2,1-2H3. The first kappa shape index (κ1) is 16.8. The fourth-order valence-corrected chi connectivity index (χ4v) is 2.71. The van der Waals surface area contributed by atoms with Crippen molar-refractivity contribution in [2.45, 2.75) is 13.8 Å². The molecule has 0 saturated heterocycles. The third-order valence-corrected chi connectivity index (χ3v) is 3.58. The van der Waals surface area contributed by atoms with Gasteiger partial charge in [-0.25, -0.2) is 14.8 Å². The average molecular weight is 362 g/mol. The van der Waals surface area contributed by atoms with E-state index >= 15 is 0 Å². The number of carbonyl (C=O) groups is 1. The number of thiazole rings is 1. The minimum atomic E-state index is -0.559. The van der Waals surface area contributed by atoms with Gasteiger partial charge in [0, 0.05) is 10.9 Å². The van der Waals surface area contributed by atoms with Crippen molar-refractivity contribution < 1.29 is 14.4 Å². The molecule has 0 aromatic carbocycles. The van der Waals surface area contributed by atoms with Crippen LogP contribution in [0, 0.1) is 0 Å². The Morgan fingerprint density at radius 1 is 1.27 bits per heavy atom. The van der Waals surface area contributed by atoms with Crippen molar-refractivity contribution in [3.8, 4) is 16.5 Å². The zero-order chi connectivity index (χ0) is 16.1. The van der Waals surface area contributed by atoms with Crippen LogP contribution in [0.25, 0.3) is 11.3 Å². The second-order valence-corrected chi connectivity index (χ2v) is 5.58. The summed E-state index contributed by atoms with van der Waals surface area (Å²) in [5.41, 5.74) is 1.35. The number of halogens is 2. The van der Waals surface area contributed by atoms with E-state index in [1.165, 1.54) is 11.3 Å². The smallest absolute Gasteiger partial charge is 0.443 e. The molecule has 118 valence electrons. The molecule has 2 heterocycles. The van der Waals surface area contributed by atoms with Gasteiger partial charge in [0.05, 0.1) is 18.8 Å². The van der Waals surface area contributed by atoms with Crippen molar-refractivity contribution in [2.24, 2.45) is 0 Å². The summed E-state index contributed by atoms with van der Waals surface area (Å²) >= 11 is 13.0. The van der Waals surface area contributed by atoms with E-state index in [9.17, 15) is 4.79 Å². The van der Waals surface area contributed by atoms with Crippen molar-refractivity contribution in [2.75, 3.05) is 13.2 Å². The highest BCUT2D eigenvalue weighted by Gasteiger charge is 2.17. The third-order valence-electron chi connectivity index (χ3n) is 2.49. The van der Waals surface area contributed by atoms with Crippen LogP contribution in [0.3, 0.4) is 0 Å². The highest BCUT2D eigenvalue weighted by molar-refractivity contribution is 7.11. The van der Waals surface area contributed by atoms with Crippen LogP contribution < -0.4 is 4.84 Å². The molecule has 0 fully saturated rings. The molecule has 0 aliphatic carbocycles. The second kappa shape index (κ2) is 7.62. The van der Waals surface area contributed by atoms with Gasteiger partial charge in [0.15, 0.2) is 0 Å². The van der Waals surface area contributed by atoms with Crippen molar-refractivity contribution in [1.82, 2.24) is 15.0 Å². The Bertz CT molecular complexity index is 645. The number of ether oxygens (including phenoxy) is 1. The molecule has 9 heteroatoms. The third kappa shape index (κ3) is 4.22. The SMILES string of the molecule is CCOC(=O)N(CC)Oc1nc(-c2cc(Cl)nc(Cl)c2)cs1. The molecule has 22 heavy (non-hydrogen) atoms. The van der Waals surface area contributed by atoms with E-state index in [0.717, 1.165) is 10.6 Å². The fourth-order valence-electron chi connectivity index (χ4n) is 1.57. The Morgan fingerprint density at radius 3 is 2.55 bits per heavy atom. The Kier molecular flexibility index (Phi) is 5.82. The number of hydroxylamine groups is 2. The van der Waals surface area contributed by atoms with E-state index in [1.807, 2.05) is 0 Å². The van der Waals surface area contributed by atoms with Gasteiger partial charge >= 0.3 is 11.3 Å². The van der Waals surface area contributed by atoms with Crippen LogP contribution in [0.15, 0.2) is 17.5 Å². The molecule has 2 rings (SSSR count). The summed E-state index contributed by atoms with van der Waals surface area (Å²) in [7, 11) is 0. The van der Waals surface area contributed by atoms with E-state index in [0.29, 0.717) is 17.4 Å². The minimum absolute atomic E-state index is 0.274. The minimum Gasteiger partial charge on any atom is -0.448 e. The van der Waals surface area contributed by atoms with Gasteiger partial charge in [0.2, 0.25) is 0 Å². The Balaban J connectivity index is 2.15. The average Bonchev–Trinajstić information content (AvgIpc) is 2.92. The van der Waals surface area contributed by atoms with Crippen LogP contribution in [-0.2, 0) is 4.74 Å². The summed E-state index contributed by atoms with van der Waals surface area (Å²) in [6, 6.07) is 3.30. The van der Waals surface area contributed by atoms with Gasteiger partial charge in [-0.1, -0.05) is 34.5 Å². The molecular formula is C13H13Cl2N3O3S. The topological polar surface area (TPSA) is 64.5 Å². The lowest BCUT2D eigenvalue weighted by molar-refractivity contribution is -0.0431. The number of nitrogens with zero attached hydrogens (tertiary/aromatic N) is 3. The predicted molar refractivity (Wildman–Crippen MR) is 85.4 cm³/mol. The first-order chi connectivity index (χ1) is 10.5. The molecule has 0 bridgehead atoms. The highest BCUT2D eigenvalue weighted by atomic mass is 35.5. The lowest BCUT2D eigenvalue weighted by Gasteiger charge is -2.17. The largest absolute Gasteiger partial charge is 0.448 e. The van der Waals surface area contributed by atoms with Crippen molar-refractivity contribution in [3.05, 3.63) is 27.8 Å². The molecule has 0 N–H and O–H groups in total. The molecule has 0 aliphatic heterocycles. The number of hydrogen-bond acceptors (Lipinski definition) is 6. The highest BCUT2D eigenvalue weighted by Crippen LogP contribution is 2.29. The molecule has 1 amide bonds. The lowest BCUT2D eigenvalue weighted by Crippen LogP contribution is -2.34. The molecule has 0 spiro atoms. The number of hydrogen-bond donors (Lipinski definition) is 0. The molecule has 6 nitrogen and oxygen atoms in total. The predicted octanol–water partition coefficient (Wildman–Crippen LogP) is 4.28. The Hall–Kier alpha value is -1.57. The number of carbonyl (C=O) groups excluding carboxylic acids is 1. The summed E-state index contributed by atoms with van der Waals surface area (Å²) in [5.74, 6) is 0. The lowest BCUT2D eigenvalue weighted by atomic mass is 10.2. The molecule has 2 aromatic heterocycles. The summed E-state index contributed by atoms with van der Waals surface area (Å²) in [6.45, 7) is 4.11. The Labute approximate surface area is 141 Å². The maximum atomic E-state index is 11.7. The van der Waals surface area contributed by atoms with Gasteiger partial charge < -0.3 is 9.57 Å². The molecule has 0 unspecified atom stereocenters. The van der Waals surface area contributed by atoms with Crippen molar-refractivity contribution in [3.63, 3.8) is 0 Å². The zero-order valence-corrected chi connectivity index (χ0v) is 14.2. The van der Waals surface area contributed by atoms with Gasteiger partial charge in [0.25, 0.3) is 0 Å². The van der Waals surface area contributed by atoms with E-state index in [4.69, 9.17) is 32.8 Å². The summed E-state index contributed by atoms with van der Waals surface area (Å²) in [6.07, 6.45) is -0.559. The number of aromatic nitrogens is 2. The Morgan fingerprint density at radius 2 is 1.95 bits per heavy atom. The van der Waals surface area contributed by atoms with E-state index in [1.54, 1.807) is 31.4 Å². The molecule has 0 radical (unpaired) electrons. The van der Waals surface area contributed by atoms with Gasteiger partial charge in [-0.05, 0) is 26.0 Å². The molecule has 0 atom stereocenters. The van der Waals surface area contributed by atoms with E-state index < -0.39 is 6.09 Å². The van der Waals surface area contributed by atoms with Gasteiger partial charge in [-0.2, -0.15) is 0 Å². The number of rotatable bonds is 5. The molecular weight excluding hydrogens is 349 g/mol. The maximum absolute atomic E-state index is 11.7. The van der Waals surface area contributed by atoms with Crippen molar-refractivity contribution >= 4 is 40.6 Å². The van der Waals surface area contributed by atoms with Crippen LogP contribution >= 0.6 is 34.5 Å².